The Morgan fingerprint density at radius 1 is 1.29 bits per heavy atom. The summed E-state index contributed by atoms with van der Waals surface area (Å²) in [6.45, 7) is 3.31. The molecule has 0 unspecified atom stereocenters. The number of fused-ring (bicyclic) bond motifs is 1. The van der Waals surface area contributed by atoms with Crippen LogP contribution < -0.4 is 5.32 Å². The van der Waals surface area contributed by atoms with E-state index < -0.39 is 18.0 Å². The summed E-state index contributed by atoms with van der Waals surface area (Å²) in [5.41, 5.74) is 1.10. The molecule has 114 valence electrons. The van der Waals surface area contributed by atoms with Crippen molar-refractivity contribution < 1.29 is 23.1 Å². The molecule has 10 heteroatoms. The normalized spacial score (nSPS) is 11.9. The van der Waals surface area contributed by atoms with Gasteiger partial charge >= 0.3 is 12.1 Å². The molecule has 0 radical (unpaired) electrons. The molecule has 2 rings (SSSR count). The van der Waals surface area contributed by atoms with Gasteiger partial charge in [-0.25, -0.2) is 0 Å². The maximum atomic E-state index is 12.8. The van der Waals surface area contributed by atoms with E-state index in [0.29, 0.717) is 15.6 Å². The van der Waals surface area contributed by atoms with E-state index in [2.05, 4.69) is 20.6 Å². The summed E-state index contributed by atoms with van der Waals surface area (Å²) in [6, 6.07) is 0. The number of carboxylic acid groups (broad SMARTS) is 1. The van der Waals surface area contributed by atoms with Gasteiger partial charge in [-0.2, -0.15) is 17.7 Å². The Balaban J connectivity index is 2.47. The molecule has 0 aliphatic carbocycles. The number of hydrogen-bond donors (Lipinski definition) is 2. The number of aryl methyl sites for hydroxylation is 1. The molecule has 0 amide bonds. The molecule has 0 aliphatic heterocycles. The van der Waals surface area contributed by atoms with E-state index >= 15 is 0 Å². The van der Waals surface area contributed by atoms with Gasteiger partial charge in [-0.3, -0.25) is 4.79 Å². The number of alkyl halides is 3. The first-order chi connectivity index (χ1) is 9.71. The van der Waals surface area contributed by atoms with Crippen LogP contribution in [0.15, 0.2) is 0 Å². The molecule has 0 fully saturated rings. The lowest BCUT2D eigenvalue weighted by Gasteiger charge is -2.11. The van der Waals surface area contributed by atoms with Crippen LogP contribution in [0.3, 0.4) is 0 Å². The first-order valence-corrected chi connectivity index (χ1v) is 5.97. The lowest BCUT2D eigenvalue weighted by Crippen LogP contribution is -2.16. The fourth-order valence-corrected chi connectivity index (χ4v) is 1.76. The molecule has 2 heterocycles. The molecule has 0 aromatic carbocycles. The van der Waals surface area contributed by atoms with Gasteiger partial charge in [-0.05, 0) is 19.4 Å². The summed E-state index contributed by atoms with van der Waals surface area (Å²) in [5.74, 6) is -2.06. The Kier molecular flexibility index (Phi) is 3.71. The van der Waals surface area contributed by atoms with Gasteiger partial charge in [0.25, 0.3) is 5.82 Å². The Bertz CT molecular complexity index is 695. The van der Waals surface area contributed by atoms with Crippen molar-refractivity contribution in [3.8, 4) is 0 Å². The number of anilines is 1. The number of aliphatic carboxylic acids is 1. The van der Waals surface area contributed by atoms with E-state index in [4.69, 9.17) is 5.11 Å². The van der Waals surface area contributed by atoms with Gasteiger partial charge < -0.3 is 10.4 Å². The van der Waals surface area contributed by atoms with Crippen LogP contribution in [0.1, 0.15) is 23.4 Å². The fraction of sp³-hybridized carbons (Fsp3) is 0.455. The molecule has 0 aliphatic rings. The lowest BCUT2D eigenvalue weighted by molar-refractivity contribution is -0.146. The fourth-order valence-electron chi connectivity index (χ4n) is 1.76. The maximum Gasteiger partial charge on any atom is 0.453 e. The molecular weight excluding hydrogens is 291 g/mol. The van der Waals surface area contributed by atoms with Crippen molar-refractivity contribution >= 4 is 17.4 Å². The van der Waals surface area contributed by atoms with E-state index in [-0.39, 0.29) is 24.4 Å². The highest BCUT2D eigenvalue weighted by Crippen LogP contribution is 2.29. The summed E-state index contributed by atoms with van der Waals surface area (Å²) >= 11 is 0. The van der Waals surface area contributed by atoms with Crippen molar-refractivity contribution in [2.75, 3.05) is 11.9 Å². The summed E-state index contributed by atoms with van der Waals surface area (Å²) < 4.78 is 39.1. The third kappa shape index (κ3) is 2.88. The largest absolute Gasteiger partial charge is 0.481 e. The zero-order valence-corrected chi connectivity index (χ0v) is 11.2. The highest BCUT2D eigenvalue weighted by molar-refractivity contribution is 5.67. The third-order valence-electron chi connectivity index (χ3n) is 2.98. The predicted molar refractivity (Wildman–Crippen MR) is 66.0 cm³/mol. The van der Waals surface area contributed by atoms with Crippen LogP contribution in [0.25, 0.3) is 5.65 Å². The quantitative estimate of drug-likeness (QED) is 0.892. The smallest absolute Gasteiger partial charge is 0.453 e. The number of halogens is 3. The lowest BCUT2D eigenvalue weighted by atomic mass is 10.2. The van der Waals surface area contributed by atoms with E-state index in [9.17, 15) is 18.0 Å². The molecular formula is C11H12F3N5O2. The monoisotopic (exact) mass is 303 g/mol. The van der Waals surface area contributed by atoms with Crippen molar-refractivity contribution in [1.29, 1.82) is 0 Å². The van der Waals surface area contributed by atoms with E-state index in [1.165, 1.54) is 0 Å². The summed E-state index contributed by atoms with van der Waals surface area (Å²) in [6.07, 6.45) is -4.85. The molecule has 7 nitrogen and oxygen atoms in total. The van der Waals surface area contributed by atoms with Crippen molar-refractivity contribution in [3.63, 3.8) is 0 Å². The second-order valence-electron chi connectivity index (χ2n) is 4.43. The zero-order valence-electron chi connectivity index (χ0n) is 11.2. The minimum atomic E-state index is -4.67. The van der Waals surface area contributed by atoms with E-state index in [0.717, 1.165) is 0 Å². The Morgan fingerprint density at radius 3 is 2.52 bits per heavy atom. The van der Waals surface area contributed by atoms with Crippen LogP contribution in [0.2, 0.25) is 0 Å². The molecule has 0 saturated heterocycles. The molecule has 0 atom stereocenters. The first-order valence-electron chi connectivity index (χ1n) is 5.97. The Hall–Kier alpha value is -2.39. The minimum Gasteiger partial charge on any atom is -0.481 e. The van der Waals surface area contributed by atoms with Crippen molar-refractivity contribution in [2.24, 2.45) is 0 Å². The van der Waals surface area contributed by atoms with Crippen LogP contribution in [0.4, 0.5) is 19.0 Å². The Morgan fingerprint density at radius 2 is 1.95 bits per heavy atom. The van der Waals surface area contributed by atoms with Crippen LogP contribution in [-0.2, 0) is 11.0 Å². The number of nitrogens with one attached hydrogen (secondary N) is 1. The highest BCUT2D eigenvalue weighted by Gasteiger charge is 2.38. The number of aromatic nitrogens is 4. The van der Waals surface area contributed by atoms with Crippen LogP contribution >= 0.6 is 0 Å². The molecule has 2 aromatic heterocycles. The van der Waals surface area contributed by atoms with Crippen molar-refractivity contribution in [1.82, 2.24) is 19.8 Å². The van der Waals surface area contributed by atoms with E-state index in [1.807, 2.05) is 0 Å². The van der Waals surface area contributed by atoms with Gasteiger partial charge in [0.15, 0.2) is 5.65 Å². The minimum absolute atomic E-state index is 0.0172. The van der Waals surface area contributed by atoms with Gasteiger partial charge in [0.2, 0.25) is 0 Å². The topological polar surface area (TPSA) is 92.4 Å². The van der Waals surface area contributed by atoms with Crippen LogP contribution in [0, 0.1) is 13.8 Å². The van der Waals surface area contributed by atoms with Crippen LogP contribution in [-0.4, -0.2) is 37.4 Å². The molecule has 2 N–H and O–H groups in total. The van der Waals surface area contributed by atoms with E-state index in [1.54, 1.807) is 13.8 Å². The number of nitrogens with zero attached hydrogens (tertiary/aromatic N) is 4. The van der Waals surface area contributed by atoms with Crippen LogP contribution in [0.5, 0.6) is 0 Å². The van der Waals surface area contributed by atoms with Gasteiger partial charge in [-0.1, -0.05) is 0 Å². The number of hydrogen-bond acceptors (Lipinski definition) is 5. The second kappa shape index (κ2) is 5.19. The second-order valence-corrected chi connectivity index (χ2v) is 4.43. The molecule has 21 heavy (non-hydrogen) atoms. The standard InChI is InChI=1S/C11H12F3N5O2/c1-5-6(2)9-16-17-10(11(12,13)14)19(9)18-8(5)15-4-3-7(20)21/h3-4H2,1-2H3,(H,15,18)(H,20,21). The van der Waals surface area contributed by atoms with Gasteiger partial charge in [0.1, 0.15) is 5.82 Å². The summed E-state index contributed by atoms with van der Waals surface area (Å²) in [4.78, 5) is 10.5. The molecule has 2 aromatic rings. The number of rotatable bonds is 4. The number of carboxylic acids is 1. The molecule has 0 spiro atoms. The summed E-state index contributed by atoms with van der Waals surface area (Å²) in [5, 5.41) is 21.7. The summed E-state index contributed by atoms with van der Waals surface area (Å²) in [7, 11) is 0. The Labute approximate surface area is 116 Å². The third-order valence-corrected chi connectivity index (χ3v) is 2.98. The molecule has 0 bridgehead atoms. The first kappa shape index (κ1) is 15.0. The maximum absolute atomic E-state index is 12.8. The number of carbonyl (C=O) groups is 1. The van der Waals surface area contributed by atoms with Gasteiger partial charge in [-0.15, -0.1) is 15.3 Å². The predicted octanol–water partition coefficient (Wildman–Crippen LogP) is 1.65. The van der Waals surface area contributed by atoms with Gasteiger partial charge in [0.05, 0.1) is 6.42 Å². The van der Waals surface area contributed by atoms with Gasteiger partial charge in [0, 0.05) is 12.1 Å². The average molecular weight is 303 g/mol. The highest BCUT2D eigenvalue weighted by atomic mass is 19.4. The van der Waals surface area contributed by atoms with Crippen molar-refractivity contribution in [2.45, 2.75) is 26.4 Å². The van der Waals surface area contributed by atoms with Crippen molar-refractivity contribution in [3.05, 3.63) is 17.0 Å². The average Bonchev–Trinajstić information content (AvgIpc) is 2.78. The SMILES string of the molecule is Cc1c(NCCC(=O)O)nn2c(C(F)(F)F)nnc2c1C. The zero-order chi connectivity index (χ0) is 15.8. The molecule has 0 saturated carbocycles.